The first-order valence-electron chi connectivity index (χ1n) is 6.72. The zero-order chi connectivity index (χ0) is 15.3. The number of imidazole rings is 1. The Morgan fingerprint density at radius 1 is 1.14 bits per heavy atom. The van der Waals surface area contributed by atoms with Crippen molar-refractivity contribution in [3.8, 4) is 0 Å². The topological polar surface area (TPSA) is 54.7 Å². The van der Waals surface area contributed by atoms with Gasteiger partial charge < -0.3 is 4.40 Å². The third-order valence-corrected chi connectivity index (χ3v) is 3.67. The van der Waals surface area contributed by atoms with Gasteiger partial charge in [-0.2, -0.15) is 0 Å². The van der Waals surface area contributed by atoms with Crippen molar-refractivity contribution in [3.05, 3.63) is 65.9 Å². The van der Waals surface area contributed by atoms with Crippen LogP contribution in [0.3, 0.4) is 0 Å². The number of nitrogens with zero attached hydrogens (tertiary/aromatic N) is 3. The first-order valence-corrected chi connectivity index (χ1v) is 6.72. The molecule has 5 nitrogen and oxygen atoms in total. The summed E-state index contributed by atoms with van der Waals surface area (Å²) in [6.07, 6.45) is 3.63. The number of hydrogen-bond acceptors (Lipinski definition) is 3. The third-order valence-electron chi connectivity index (χ3n) is 3.67. The summed E-state index contributed by atoms with van der Waals surface area (Å²) in [6, 6.07) is 9.30. The first-order chi connectivity index (χ1) is 10.6. The highest BCUT2D eigenvalue weighted by molar-refractivity contribution is 6.52. The van der Waals surface area contributed by atoms with Crippen LogP contribution in [0.2, 0.25) is 0 Å². The zero-order valence-electron chi connectivity index (χ0n) is 11.4. The maximum absolute atomic E-state index is 13.4. The molecule has 0 saturated carbocycles. The van der Waals surface area contributed by atoms with Gasteiger partial charge in [-0.05, 0) is 30.3 Å². The molecule has 0 atom stereocenters. The normalized spacial score (nSPS) is 14.0. The number of benzene rings is 1. The summed E-state index contributed by atoms with van der Waals surface area (Å²) in [6.45, 7) is 0.128. The van der Waals surface area contributed by atoms with Gasteiger partial charge >= 0.3 is 0 Å². The van der Waals surface area contributed by atoms with Gasteiger partial charge in [-0.3, -0.25) is 14.5 Å². The highest BCUT2D eigenvalue weighted by Gasteiger charge is 2.36. The molecule has 2 aromatic heterocycles. The minimum atomic E-state index is -0.655. The lowest BCUT2D eigenvalue weighted by atomic mass is 10.1. The smallest absolute Gasteiger partial charge is 0.299 e. The Labute approximate surface area is 124 Å². The van der Waals surface area contributed by atoms with Crippen molar-refractivity contribution >= 4 is 23.0 Å². The fourth-order valence-electron chi connectivity index (χ4n) is 2.65. The number of aromatic nitrogens is 2. The van der Waals surface area contributed by atoms with Crippen LogP contribution >= 0.6 is 0 Å². The largest absolute Gasteiger partial charge is 0.307 e. The highest BCUT2D eigenvalue weighted by atomic mass is 19.1. The van der Waals surface area contributed by atoms with E-state index in [4.69, 9.17) is 0 Å². The lowest BCUT2D eigenvalue weighted by molar-refractivity contribution is -0.114. The number of hydrogen-bond donors (Lipinski definition) is 0. The molecule has 6 heteroatoms. The van der Waals surface area contributed by atoms with Crippen LogP contribution in [-0.4, -0.2) is 21.1 Å². The molecule has 0 spiro atoms. The molecule has 0 unspecified atom stereocenters. The van der Waals surface area contributed by atoms with Gasteiger partial charge in [0.15, 0.2) is 0 Å². The van der Waals surface area contributed by atoms with Crippen molar-refractivity contribution in [2.24, 2.45) is 0 Å². The van der Waals surface area contributed by atoms with E-state index in [1.807, 2.05) is 28.8 Å². The van der Waals surface area contributed by atoms with E-state index >= 15 is 0 Å². The van der Waals surface area contributed by atoms with Crippen molar-refractivity contribution in [1.29, 1.82) is 0 Å². The van der Waals surface area contributed by atoms with Crippen LogP contribution in [0.4, 0.5) is 10.1 Å². The molecule has 1 aromatic carbocycles. The molecule has 3 aromatic rings. The van der Waals surface area contributed by atoms with E-state index < -0.39 is 17.5 Å². The SMILES string of the molecule is O=C1C(=O)N(Cc2cn3ccccc3n2)c2cc(F)ccc21. The number of halogens is 1. The van der Waals surface area contributed by atoms with Crippen LogP contribution in [0.25, 0.3) is 5.65 Å². The maximum atomic E-state index is 13.4. The monoisotopic (exact) mass is 295 g/mol. The van der Waals surface area contributed by atoms with Crippen molar-refractivity contribution in [1.82, 2.24) is 9.38 Å². The summed E-state index contributed by atoms with van der Waals surface area (Å²) in [5.41, 5.74) is 1.90. The van der Waals surface area contributed by atoms with Crippen LogP contribution in [-0.2, 0) is 11.3 Å². The first kappa shape index (κ1) is 12.7. The van der Waals surface area contributed by atoms with Crippen molar-refractivity contribution in [2.75, 3.05) is 4.90 Å². The van der Waals surface area contributed by atoms with Gasteiger partial charge in [0, 0.05) is 12.4 Å². The molecule has 4 rings (SSSR count). The molecular formula is C16H10FN3O2. The van der Waals surface area contributed by atoms with Crippen molar-refractivity contribution < 1.29 is 14.0 Å². The molecule has 3 heterocycles. The Morgan fingerprint density at radius 2 is 2.00 bits per heavy atom. The van der Waals surface area contributed by atoms with Crippen LogP contribution < -0.4 is 4.90 Å². The van der Waals surface area contributed by atoms with E-state index in [9.17, 15) is 14.0 Å². The fraction of sp³-hybridized carbons (Fsp3) is 0.0625. The molecule has 0 fully saturated rings. The van der Waals surface area contributed by atoms with Gasteiger partial charge in [0.05, 0.1) is 23.5 Å². The Morgan fingerprint density at radius 3 is 2.82 bits per heavy atom. The molecule has 0 saturated heterocycles. The van der Waals surface area contributed by atoms with Gasteiger partial charge in [-0.1, -0.05) is 6.07 Å². The Kier molecular flexibility index (Phi) is 2.59. The number of amides is 1. The molecule has 0 radical (unpaired) electrons. The number of pyridine rings is 1. The van der Waals surface area contributed by atoms with E-state index in [-0.39, 0.29) is 12.1 Å². The van der Waals surface area contributed by atoms with Crippen LogP contribution in [0.15, 0.2) is 48.8 Å². The molecule has 108 valence electrons. The summed E-state index contributed by atoms with van der Waals surface area (Å²) in [4.78, 5) is 29.7. The molecule has 1 aliphatic heterocycles. The lowest BCUT2D eigenvalue weighted by Crippen LogP contribution is -2.29. The molecule has 0 bridgehead atoms. The standard InChI is InChI=1S/C16H10FN3O2/c17-10-4-5-12-13(7-10)20(16(22)15(12)21)9-11-8-19-6-2-1-3-14(19)18-11/h1-8H,9H2. The Balaban J connectivity index is 1.75. The minimum Gasteiger partial charge on any atom is -0.307 e. The summed E-state index contributed by atoms with van der Waals surface area (Å²) in [7, 11) is 0. The van der Waals surface area contributed by atoms with Crippen LogP contribution in [0.5, 0.6) is 0 Å². The van der Waals surface area contributed by atoms with E-state index in [1.165, 1.54) is 23.1 Å². The van der Waals surface area contributed by atoms with Gasteiger partial charge in [0.25, 0.3) is 11.7 Å². The number of carbonyl (C=O) groups excluding carboxylic acids is 2. The highest BCUT2D eigenvalue weighted by Crippen LogP contribution is 2.30. The number of anilines is 1. The number of ketones is 1. The van der Waals surface area contributed by atoms with Crippen molar-refractivity contribution in [2.45, 2.75) is 6.54 Å². The number of Topliss-reactive ketones (excluding diaryl/α,β-unsaturated/α-hetero) is 1. The average molecular weight is 295 g/mol. The molecule has 0 N–H and O–H groups in total. The van der Waals surface area contributed by atoms with Gasteiger partial charge in [-0.25, -0.2) is 9.37 Å². The van der Waals surface area contributed by atoms with E-state index in [1.54, 1.807) is 6.20 Å². The predicted molar refractivity (Wildman–Crippen MR) is 77.1 cm³/mol. The second kappa shape index (κ2) is 4.49. The van der Waals surface area contributed by atoms with Crippen LogP contribution in [0, 0.1) is 5.82 Å². The van der Waals surface area contributed by atoms with Crippen molar-refractivity contribution in [3.63, 3.8) is 0 Å². The zero-order valence-corrected chi connectivity index (χ0v) is 11.4. The summed E-state index contributed by atoms with van der Waals surface area (Å²) < 4.78 is 15.3. The average Bonchev–Trinajstić information content (AvgIpc) is 3.02. The number of fused-ring (bicyclic) bond motifs is 2. The second-order valence-corrected chi connectivity index (χ2v) is 5.08. The Bertz CT molecular complexity index is 899. The number of carbonyl (C=O) groups is 2. The van der Waals surface area contributed by atoms with Crippen LogP contribution in [0.1, 0.15) is 16.1 Å². The summed E-state index contributed by atoms with van der Waals surface area (Å²) in [5.74, 6) is -1.75. The molecule has 1 amide bonds. The second-order valence-electron chi connectivity index (χ2n) is 5.08. The molecule has 0 aliphatic carbocycles. The fourth-order valence-corrected chi connectivity index (χ4v) is 2.65. The predicted octanol–water partition coefficient (Wildman–Crippen LogP) is 2.20. The van der Waals surface area contributed by atoms with Gasteiger partial charge in [0.2, 0.25) is 0 Å². The van der Waals surface area contributed by atoms with E-state index in [0.29, 0.717) is 11.4 Å². The Hall–Kier alpha value is -3.02. The van der Waals surface area contributed by atoms with Gasteiger partial charge in [-0.15, -0.1) is 0 Å². The maximum Gasteiger partial charge on any atom is 0.299 e. The number of rotatable bonds is 2. The van der Waals surface area contributed by atoms with E-state index in [2.05, 4.69) is 4.98 Å². The molecular weight excluding hydrogens is 285 g/mol. The quantitative estimate of drug-likeness (QED) is 0.681. The summed E-state index contributed by atoms with van der Waals surface area (Å²) >= 11 is 0. The van der Waals surface area contributed by atoms with Gasteiger partial charge in [0.1, 0.15) is 11.5 Å². The molecule has 22 heavy (non-hydrogen) atoms. The minimum absolute atomic E-state index is 0.128. The lowest BCUT2D eigenvalue weighted by Gasteiger charge is -2.14. The molecule has 1 aliphatic rings. The van der Waals surface area contributed by atoms with E-state index in [0.717, 1.165) is 5.65 Å². The third kappa shape index (κ3) is 1.81. The summed E-state index contributed by atoms with van der Waals surface area (Å²) in [5, 5.41) is 0.